The number of ether oxygens (including phenoxy) is 2. The van der Waals surface area contributed by atoms with Crippen LogP contribution in [0.25, 0.3) is 0 Å². The van der Waals surface area contributed by atoms with E-state index in [4.69, 9.17) is 9.47 Å². The van der Waals surface area contributed by atoms with Gasteiger partial charge in [0.1, 0.15) is 0 Å². The minimum atomic E-state index is -0.513. The SMILES string of the molecule is CCC(C)C(C)NC(=O)N1CCCC(C2(C)OCCO2)C1. The van der Waals surface area contributed by atoms with Crippen molar-refractivity contribution in [2.24, 2.45) is 11.8 Å². The summed E-state index contributed by atoms with van der Waals surface area (Å²) in [6.07, 6.45) is 3.14. The molecule has 21 heavy (non-hydrogen) atoms. The van der Waals surface area contributed by atoms with E-state index >= 15 is 0 Å². The highest BCUT2D eigenvalue weighted by atomic mass is 16.7. The minimum Gasteiger partial charge on any atom is -0.347 e. The normalized spacial score (nSPS) is 28.2. The van der Waals surface area contributed by atoms with E-state index in [2.05, 4.69) is 26.1 Å². The Morgan fingerprint density at radius 1 is 1.38 bits per heavy atom. The number of carbonyl (C=O) groups excluding carboxylic acids is 1. The molecule has 2 aliphatic heterocycles. The molecule has 3 unspecified atom stereocenters. The number of carbonyl (C=O) groups is 1. The monoisotopic (exact) mass is 298 g/mol. The van der Waals surface area contributed by atoms with Gasteiger partial charge in [0.2, 0.25) is 0 Å². The second kappa shape index (κ2) is 6.97. The highest BCUT2D eigenvalue weighted by Gasteiger charge is 2.42. The molecule has 0 spiro atoms. The van der Waals surface area contributed by atoms with E-state index in [9.17, 15) is 4.79 Å². The van der Waals surface area contributed by atoms with E-state index in [0.717, 1.165) is 32.4 Å². The molecule has 0 radical (unpaired) electrons. The fourth-order valence-corrected chi connectivity index (χ4v) is 3.14. The molecule has 5 heteroatoms. The van der Waals surface area contributed by atoms with Crippen molar-refractivity contribution in [1.82, 2.24) is 10.2 Å². The Morgan fingerprint density at radius 2 is 2.05 bits per heavy atom. The van der Waals surface area contributed by atoms with Gasteiger partial charge in [0, 0.05) is 25.0 Å². The molecule has 5 nitrogen and oxygen atoms in total. The summed E-state index contributed by atoms with van der Waals surface area (Å²) in [5, 5.41) is 3.13. The molecule has 0 saturated carbocycles. The lowest BCUT2D eigenvalue weighted by Gasteiger charge is -2.40. The molecule has 0 aromatic carbocycles. The Hall–Kier alpha value is -0.810. The summed E-state index contributed by atoms with van der Waals surface area (Å²) >= 11 is 0. The second-order valence-electron chi connectivity index (χ2n) is 6.62. The summed E-state index contributed by atoms with van der Waals surface area (Å²) in [7, 11) is 0. The van der Waals surface area contributed by atoms with E-state index in [0.29, 0.717) is 19.1 Å². The summed E-state index contributed by atoms with van der Waals surface area (Å²) < 4.78 is 11.5. The summed E-state index contributed by atoms with van der Waals surface area (Å²) in [5.74, 6) is 0.244. The van der Waals surface area contributed by atoms with Gasteiger partial charge in [-0.3, -0.25) is 0 Å². The maximum atomic E-state index is 12.4. The van der Waals surface area contributed by atoms with Gasteiger partial charge in [0.15, 0.2) is 5.79 Å². The van der Waals surface area contributed by atoms with Crippen LogP contribution in [-0.4, -0.2) is 49.1 Å². The third kappa shape index (κ3) is 3.89. The van der Waals surface area contributed by atoms with E-state index < -0.39 is 5.79 Å². The number of hydrogen-bond donors (Lipinski definition) is 1. The van der Waals surface area contributed by atoms with Crippen LogP contribution in [0, 0.1) is 11.8 Å². The molecule has 0 bridgehead atoms. The summed E-state index contributed by atoms with van der Waals surface area (Å²) in [5.41, 5.74) is 0. The minimum absolute atomic E-state index is 0.0501. The Labute approximate surface area is 128 Å². The molecule has 0 aromatic heterocycles. The number of nitrogens with one attached hydrogen (secondary N) is 1. The lowest BCUT2D eigenvalue weighted by molar-refractivity contribution is -0.189. The lowest BCUT2D eigenvalue weighted by atomic mass is 9.90. The van der Waals surface area contributed by atoms with Gasteiger partial charge in [-0.25, -0.2) is 4.79 Å². The van der Waals surface area contributed by atoms with Crippen molar-refractivity contribution in [2.75, 3.05) is 26.3 Å². The number of urea groups is 1. The molecule has 0 aliphatic carbocycles. The molecule has 1 N–H and O–H groups in total. The first-order valence-corrected chi connectivity index (χ1v) is 8.29. The van der Waals surface area contributed by atoms with Crippen molar-refractivity contribution in [2.45, 2.75) is 58.8 Å². The van der Waals surface area contributed by atoms with Crippen molar-refractivity contribution in [1.29, 1.82) is 0 Å². The van der Waals surface area contributed by atoms with Crippen molar-refractivity contribution >= 4 is 6.03 Å². The topological polar surface area (TPSA) is 50.8 Å². The first-order chi connectivity index (χ1) is 9.96. The lowest BCUT2D eigenvalue weighted by Crippen LogP contribution is -2.53. The quantitative estimate of drug-likeness (QED) is 0.868. The summed E-state index contributed by atoms with van der Waals surface area (Å²) in [6, 6.07) is 0.256. The number of rotatable bonds is 4. The predicted octanol–water partition coefficient (Wildman–Crippen LogP) is 2.61. The van der Waals surface area contributed by atoms with Gasteiger partial charge in [-0.1, -0.05) is 20.3 Å². The van der Waals surface area contributed by atoms with Gasteiger partial charge in [0.25, 0.3) is 0 Å². The smallest absolute Gasteiger partial charge is 0.317 e. The van der Waals surface area contributed by atoms with Crippen LogP contribution >= 0.6 is 0 Å². The van der Waals surface area contributed by atoms with Crippen LogP contribution < -0.4 is 5.32 Å². The van der Waals surface area contributed by atoms with Crippen molar-refractivity contribution < 1.29 is 14.3 Å². The van der Waals surface area contributed by atoms with Gasteiger partial charge in [-0.05, 0) is 32.6 Å². The summed E-state index contributed by atoms with van der Waals surface area (Å²) in [4.78, 5) is 14.3. The molecule has 3 atom stereocenters. The van der Waals surface area contributed by atoms with Crippen LogP contribution in [0.3, 0.4) is 0 Å². The molecule has 2 amide bonds. The maximum Gasteiger partial charge on any atom is 0.317 e. The second-order valence-corrected chi connectivity index (χ2v) is 6.62. The molecular weight excluding hydrogens is 268 g/mol. The number of likely N-dealkylation sites (tertiary alicyclic amines) is 1. The maximum absolute atomic E-state index is 12.4. The molecule has 2 heterocycles. The molecule has 2 rings (SSSR count). The molecule has 2 fully saturated rings. The van der Waals surface area contributed by atoms with E-state index in [1.165, 1.54) is 0 Å². The van der Waals surface area contributed by atoms with Crippen molar-refractivity contribution in [3.05, 3.63) is 0 Å². The Kier molecular flexibility index (Phi) is 5.49. The Balaban J connectivity index is 1.90. The van der Waals surface area contributed by atoms with Crippen LogP contribution in [0.2, 0.25) is 0 Å². The van der Waals surface area contributed by atoms with Crippen LogP contribution in [0.1, 0.15) is 47.0 Å². The average molecular weight is 298 g/mol. The van der Waals surface area contributed by atoms with Gasteiger partial charge < -0.3 is 19.7 Å². The zero-order chi connectivity index (χ0) is 15.5. The fraction of sp³-hybridized carbons (Fsp3) is 0.938. The van der Waals surface area contributed by atoms with E-state index in [1.807, 2.05) is 11.8 Å². The Morgan fingerprint density at radius 3 is 2.67 bits per heavy atom. The molecule has 2 aliphatic rings. The number of hydrogen-bond acceptors (Lipinski definition) is 3. The van der Waals surface area contributed by atoms with Crippen molar-refractivity contribution in [3.8, 4) is 0 Å². The van der Waals surface area contributed by atoms with Crippen LogP contribution in [-0.2, 0) is 9.47 Å². The fourth-order valence-electron chi connectivity index (χ4n) is 3.14. The average Bonchev–Trinajstić information content (AvgIpc) is 2.94. The Bertz CT molecular complexity index is 355. The van der Waals surface area contributed by atoms with Crippen molar-refractivity contribution in [3.63, 3.8) is 0 Å². The standard InChI is InChI=1S/C16H30N2O3/c1-5-12(2)13(3)17-15(19)18-8-6-7-14(11-18)16(4)20-9-10-21-16/h12-14H,5-11H2,1-4H3,(H,17,19). The first kappa shape index (κ1) is 16.6. The van der Waals surface area contributed by atoms with Gasteiger partial charge >= 0.3 is 6.03 Å². The third-order valence-corrected chi connectivity index (χ3v) is 5.16. The highest BCUT2D eigenvalue weighted by molar-refractivity contribution is 5.74. The number of amides is 2. The van der Waals surface area contributed by atoms with Gasteiger partial charge in [0.05, 0.1) is 13.2 Å². The van der Waals surface area contributed by atoms with E-state index in [1.54, 1.807) is 0 Å². The van der Waals surface area contributed by atoms with Crippen LogP contribution in [0.4, 0.5) is 4.79 Å². The molecular formula is C16H30N2O3. The molecule has 122 valence electrons. The van der Waals surface area contributed by atoms with E-state index in [-0.39, 0.29) is 18.0 Å². The molecule has 2 saturated heterocycles. The van der Waals surface area contributed by atoms with Crippen LogP contribution in [0.5, 0.6) is 0 Å². The summed E-state index contributed by atoms with van der Waals surface area (Å²) in [6.45, 7) is 11.3. The number of nitrogens with zero attached hydrogens (tertiary/aromatic N) is 1. The first-order valence-electron chi connectivity index (χ1n) is 8.29. The molecule has 0 aromatic rings. The number of piperidine rings is 1. The third-order valence-electron chi connectivity index (χ3n) is 5.16. The highest BCUT2D eigenvalue weighted by Crippen LogP contribution is 2.34. The van der Waals surface area contributed by atoms with Crippen LogP contribution in [0.15, 0.2) is 0 Å². The van der Waals surface area contributed by atoms with Gasteiger partial charge in [-0.15, -0.1) is 0 Å². The zero-order valence-electron chi connectivity index (χ0n) is 13.9. The largest absolute Gasteiger partial charge is 0.347 e. The zero-order valence-corrected chi connectivity index (χ0v) is 13.9. The predicted molar refractivity (Wildman–Crippen MR) is 82.1 cm³/mol. The van der Waals surface area contributed by atoms with Gasteiger partial charge in [-0.2, -0.15) is 0 Å².